The lowest BCUT2D eigenvalue weighted by molar-refractivity contribution is -0.126. The van der Waals surface area contributed by atoms with Crippen molar-refractivity contribution in [3.05, 3.63) is 65.0 Å². The number of nitrogens with zero attached hydrogens (tertiary/aromatic N) is 3. The van der Waals surface area contributed by atoms with Crippen LogP contribution < -0.4 is 10.1 Å². The summed E-state index contributed by atoms with van der Waals surface area (Å²) in [5.41, 5.74) is 2.01. The highest BCUT2D eigenvalue weighted by Gasteiger charge is 2.26. The molecule has 3 aromatic rings. The SMILES string of the molecule is COc1ccc(CCCNC(=O)C2CCN(Cc3nc(-c4ccccc4Cl)no3)CC2)cc1. The molecule has 0 saturated carbocycles. The van der Waals surface area contributed by atoms with Crippen molar-refractivity contribution in [2.24, 2.45) is 5.92 Å². The first-order chi connectivity index (χ1) is 16.1. The molecule has 33 heavy (non-hydrogen) atoms. The van der Waals surface area contributed by atoms with Crippen LogP contribution in [0.1, 0.15) is 30.7 Å². The molecule has 0 bridgehead atoms. The van der Waals surface area contributed by atoms with Crippen LogP contribution in [0.5, 0.6) is 5.75 Å². The lowest BCUT2D eigenvalue weighted by Crippen LogP contribution is -2.40. The third kappa shape index (κ3) is 6.33. The van der Waals surface area contributed by atoms with Crippen LogP contribution in [0.2, 0.25) is 5.02 Å². The summed E-state index contributed by atoms with van der Waals surface area (Å²) in [7, 11) is 1.66. The number of methoxy groups -OCH3 is 1. The summed E-state index contributed by atoms with van der Waals surface area (Å²) < 4.78 is 10.6. The number of hydrogen-bond acceptors (Lipinski definition) is 6. The van der Waals surface area contributed by atoms with E-state index in [0.717, 1.165) is 50.1 Å². The third-order valence-corrected chi connectivity index (χ3v) is 6.33. The predicted octanol–water partition coefficient (Wildman–Crippen LogP) is 4.36. The van der Waals surface area contributed by atoms with Crippen LogP contribution in [0.15, 0.2) is 53.1 Å². The minimum Gasteiger partial charge on any atom is -0.497 e. The number of halogens is 1. The van der Waals surface area contributed by atoms with E-state index < -0.39 is 0 Å². The Morgan fingerprint density at radius 2 is 1.94 bits per heavy atom. The molecule has 1 aliphatic rings. The van der Waals surface area contributed by atoms with Crippen LogP contribution in [0, 0.1) is 5.92 Å². The van der Waals surface area contributed by atoms with Crippen molar-refractivity contribution >= 4 is 17.5 Å². The van der Waals surface area contributed by atoms with Gasteiger partial charge in [-0.1, -0.05) is 41.0 Å². The van der Waals surface area contributed by atoms with Gasteiger partial charge in [-0.05, 0) is 68.6 Å². The Morgan fingerprint density at radius 1 is 1.18 bits per heavy atom. The summed E-state index contributed by atoms with van der Waals surface area (Å²) in [5, 5.41) is 7.76. The second-order valence-electron chi connectivity index (χ2n) is 8.28. The summed E-state index contributed by atoms with van der Waals surface area (Å²) in [5.74, 6) is 2.14. The van der Waals surface area contributed by atoms with Crippen molar-refractivity contribution in [1.82, 2.24) is 20.4 Å². The minimum absolute atomic E-state index is 0.0589. The number of benzene rings is 2. The smallest absolute Gasteiger partial charge is 0.241 e. The Kier molecular flexibility index (Phi) is 7.96. The predicted molar refractivity (Wildman–Crippen MR) is 127 cm³/mol. The van der Waals surface area contributed by atoms with E-state index in [9.17, 15) is 4.79 Å². The fourth-order valence-corrected chi connectivity index (χ4v) is 4.28. The zero-order valence-electron chi connectivity index (χ0n) is 18.8. The molecule has 174 valence electrons. The number of piperidine rings is 1. The molecule has 0 unspecified atom stereocenters. The van der Waals surface area contributed by atoms with E-state index in [1.54, 1.807) is 7.11 Å². The molecule has 7 nitrogen and oxygen atoms in total. The number of hydrogen-bond donors (Lipinski definition) is 1. The normalized spacial score (nSPS) is 14.8. The summed E-state index contributed by atoms with van der Waals surface area (Å²) in [6.07, 6.45) is 3.51. The molecule has 8 heteroatoms. The summed E-state index contributed by atoms with van der Waals surface area (Å²) >= 11 is 6.22. The fraction of sp³-hybridized carbons (Fsp3) is 0.400. The maximum Gasteiger partial charge on any atom is 0.241 e. The summed E-state index contributed by atoms with van der Waals surface area (Å²) in [6, 6.07) is 15.5. The standard InChI is InChI=1S/C25H29ClN4O3/c1-32-20-10-8-18(9-11-20)5-4-14-27-25(31)19-12-15-30(16-13-19)17-23-28-24(29-33-23)21-6-2-3-7-22(21)26/h2-3,6-11,19H,4-5,12-17H2,1H3,(H,27,31). The van der Waals surface area contributed by atoms with Crippen molar-refractivity contribution < 1.29 is 14.1 Å². The number of rotatable bonds is 9. The third-order valence-electron chi connectivity index (χ3n) is 6.00. The van der Waals surface area contributed by atoms with Gasteiger partial charge in [0.2, 0.25) is 17.6 Å². The van der Waals surface area contributed by atoms with Gasteiger partial charge in [0.25, 0.3) is 0 Å². The van der Waals surface area contributed by atoms with E-state index in [1.165, 1.54) is 5.56 Å². The van der Waals surface area contributed by atoms with Crippen LogP contribution in [0.4, 0.5) is 0 Å². The first-order valence-electron chi connectivity index (χ1n) is 11.3. The van der Waals surface area contributed by atoms with Crippen LogP contribution in [0.3, 0.4) is 0 Å². The second kappa shape index (κ2) is 11.3. The highest BCUT2D eigenvalue weighted by molar-refractivity contribution is 6.33. The number of carbonyl (C=O) groups is 1. The van der Waals surface area contributed by atoms with E-state index >= 15 is 0 Å². The quantitative estimate of drug-likeness (QED) is 0.470. The van der Waals surface area contributed by atoms with Crippen molar-refractivity contribution in [1.29, 1.82) is 0 Å². The zero-order chi connectivity index (χ0) is 23.0. The first kappa shape index (κ1) is 23.3. The van der Waals surface area contributed by atoms with Crippen LogP contribution >= 0.6 is 11.6 Å². The van der Waals surface area contributed by atoms with Crippen molar-refractivity contribution in [2.75, 3.05) is 26.7 Å². The number of amides is 1. The lowest BCUT2D eigenvalue weighted by atomic mass is 9.96. The Hall–Kier alpha value is -2.90. The monoisotopic (exact) mass is 468 g/mol. The first-order valence-corrected chi connectivity index (χ1v) is 11.7. The highest BCUT2D eigenvalue weighted by Crippen LogP contribution is 2.25. The molecule has 1 fully saturated rings. The maximum atomic E-state index is 12.6. The number of nitrogens with one attached hydrogen (secondary N) is 1. The van der Waals surface area contributed by atoms with E-state index in [1.807, 2.05) is 36.4 Å². The number of aromatic nitrogens is 2. The molecule has 0 radical (unpaired) electrons. The number of aryl methyl sites for hydroxylation is 1. The van der Waals surface area contributed by atoms with Crippen LogP contribution in [-0.4, -0.2) is 47.7 Å². The molecule has 0 atom stereocenters. The van der Waals surface area contributed by atoms with Gasteiger partial charge in [0, 0.05) is 18.0 Å². The molecule has 1 N–H and O–H groups in total. The highest BCUT2D eigenvalue weighted by atomic mass is 35.5. The van der Waals surface area contributed by atoms with E-state index in [0.29, 0.717) is 29.8 Å². The van der Waals surface area contributed by atoms with Crippen LogP contribution in [0.25, 0.3) is 11.4 Å². The molecule has 2 aromatic carbocycles. The number of carbonyl (C=O) groups excluding carboxylic acids is 1. The molecule has 0 aliphatic carbocycles. The van der Waals surface area contributed by atoms with Gasteiger partial charge in [-0.2, -0.15) is 4.98 Å². The number of ether oxygens (including phenoxy) is 1. The number of likely N-dealkylation sites (tertiary alicyclic amines) is 1. The van der Waals surface area contributed by atoms with Gasteiger partial charge < -0.3 is 14.6 Å². The Bertz CT molecular complexity index is 1050. The molecule has 1 aliphatic heterocycles. The average Bonchev–Trinajstić information content (AvgIpc) is 3.31. The molecule has 1 saturated heterocycles. The Morgan fingerprint density at radius 3 is 2.67 bits per heavy atom. The molecule has 1 amide bonds. The minimum atomic E-state index is 0.0589. The lowest BCUT2D eigenvalue weighted by Gasteiger charge is -2.30. The second-order valence-corrected chi connectivity index (χ2v) is 8.69. The van der Waals surface area contributed by atoms with Gasteiger partial charge in [-0.3, -0.25) is 9.69 Å². The molecule has 4 rings (SSSR count). The topological polar surface area (TPSA) is 80.5 Å². The summed E-state index contributed by atoms with van der Waals surface area (Å²) in [6.45, 7) is 2.92. The van der Waals surface area contributed by atoms with E-state index in [-0.39, 0.29) is 11.8 Å². The van der Waals surface area contributed by atoms with Gasteiger partial charge in [-0.25, -0.2) is 0 Å². The van der Waals surface area contributed by atoms with Gasteiger partial charge in [-0.15, -0.1) is 0 Å². The van der Waals surface area contributed by atoms with Gasteiger partial charge in [0.1, 0.15) is 5.75 Å². The van der Waals surface area contributed by atoms with E-state index in [4.69, 9.17) is 20.9 Å². The van der Waals surface area contributed by atoms with Crippen LogP contribution in [-0.2, 0) is 17.8 Å². The zero-order valence-corrected chi connectivity index (χ0v) is 19.6. The molecule has 0 spiro atoms. The molecule has 1 aromatic heterocycles. The van der Waals surface area contributed by atoms with Gasteiger partial charge >= 0.3 is 0 Å². The fourth-order valence-electron chi connectivity index (χ4n) is 4.06. The summed E-state index contributed by atoms with van der Waals surface area (Å²) in [4.78, 5) is 19.3. The Balaban J connectivity index is 1.16. The average molecular weight is 469 g/mol. The van der Waals surface area contributed by atoms with Crippen molar-refractivity contribution in [2.45, 2.75) is 32.2 Å². The van der Waals surface area contributed by atoms with E-state index in [2.05, 4.69) is 32.5 Å². The largest absolute Gasteiger partial charge is 0.497 e. The molecular weight excluding hydrogens is 440 g/mol. The Labute approximate surface area is 199 Å². The molecular formula is C25H29ClN4O3. The van der Waals surface area contributed by atoms with Gasteiger partial charge in [0.05, 0.1) is 18.7 Å². The molecule has 2 heterocycles. The maximum absolute atomic E-state index is 12.6. The van der Waals surface area contributed by atoms with Gasteiger partial charge in [0.15, 0.2) is 0 Å². The van der Waals surface area contributed by atoms with Crippen molar-refractivity contribution in [3.63, 3.8) is 0 Å². The van der Waals surface area contributed by atoms with Crippen molar-refractivity contribution in [3.8, 4) is 17.1 Å².